The van der Waals surface area contributed by atoms with Crippen LogP contribution in [0.5, 0.6) is 0 Å². The summed E-state index contributed by atoms with van der Waals surface area (Å²) < 4.78 is 29.1. The number of carbonyl (C=O) groups excluding carboxylic acids is 1. The first-order valence-electron chi connectivity index (χ1n) is 15.3. The third kappa shape index (κ3) is 20.0. The lowest BCUT2D eigenvalue weighted by Crippen LogP contribution is -2.27. The zero-order valence-corrected chi connectivity index (χ0v) is 25.2. The number of carboxylic acid groups (broad SMARTS) is 1. The largest absolute Gasteiger partial charge is 0.481 e. The van der Waals surface area contributed by atoms with Crippen molar-refractivity contribution in [2.75, 3.05) is 33.0 Å². The molecule has 8 heteroatoms. The van der Waals surface area contributed by atoms with Crippen LogP contribution in [0.25, 0.3) is 0 Å². The topological polar surface area (TPSA) is 101 Å². The lowest BCUT2D eigenvalue weighted by Gasteiger charge is -2.19. The second-order valence-corrected chi connectivity index (χ2v) is 10.2. The van der Waals surface area contributed by atoms with E-state index < -0.39 is 5.97 Å². The van der Waals surface area contributed by atoms with Crippen molar-refractivity contribution in [2.45, 2.75) is 123 Å². The molecule has 0 saturated heterocycles. The third-order valence-corrected chi connectivity index (χ3v) is 6.63. The second kappa shape index (κ2) is 24.8. The molecule has 0 amide bonds. The van der Waals surface area contributed by atoms with E-state index in [2.05, 4.69) is 6.92 Å². The molecule has 1 rings (SSSR count). The maximum atomic E-state index is 12.0. The Balaban J connectivity index is 2.36. The van der Waals surface area contributed by atoms with Crippen LogP contribution in [0.3, 0.4) is 0 Å². The van der Waals surface area contributed by atoms with Gasteiger partial charge in [-0.3, -0.25) is 9.59 Å². The summed E-state index contributed by atoms with van der Waals surface area (Å²) in [5.74, 6) is -0.958. The fourth-order valence-corrected chi connectivity index (χ4v) is 4.19. The van der Waals surface area contributed by atoms with E-state index in [4.69, 9.17) is 23.7 Å². The number of rotatable bonds is 27. The standard InChI is InChI=1S/C32H54O8/c1-4-7-13-21-38-29(23-31(33)34)18-15-20-36-25-30(26-37-24-27-16-10-8-11-17-27)39-22-14-9-12-19-32(35)40-28(5-2)6-3/h8,10-11,16-17,28-30H,4-7,9,12-15,18-26H2,1-3H3,(H,33,34). The van der Waals surface area contributed by atoms with E-state index in [0.717, 1.165) is 63.4 Å². The summed E-state index contributed by atoms with van der Waals surface area (Å²) in [6, 6.07) is 10.0. The molecular formula is C32H54O8. The number of unbranched alkanes of at least 4 members (excludes halogenated alkanes) is 4. The zero-order valence-electron chi connectivity index (χ0n) is 25.2. The number of carbonyl (C=O) groups is 2. The van der Waals surface area contributed by atoms with Gasteiger partial charge in [0.2, 0.25) is 0 Å². The molecule has 0 fully saturated rings. The highest BCUT2D eigenvalue weighted by Crippen LogP contribution is 2.11. The fraction of sp³-hybridized carbons (Fsp3) is 0.750. The molecule has 0 aromatic heterocycles. The van der Waals surface area contributed by atoms with Gasteiger partial charge in [0.15, 0.2) is 0 Å². The van der Waals surface area contributed by atoms with Gasteiger partial charge in [-0.15, -0.1) is 0 Å². The summed E-state index contributed by atoms with van der Waals surface area (Å²) in [6.07, 6.45) is 8.71. The fourth-order valence-electron chi connectivity index (χ4n) is 4.19. The highest BCUT2D eigenvalue weighted by molar-refractivity contribution is 5.69. The molecule has 0 saturated carbocycles. The quantitative estimate of drug-likeness (QED) is 0.0924. The second-order valence-electron chi connectivity index (χ2n) is 10.2. The van der Waals surface area contributed by atoms with Crippen molar-refractivity contribution in [2.24, 2.45) is 0 Å². The van der Waals surface area contributed by atoms with Gasteiger partial charge in [0.1, 0.15) is 12.2 Å². The minimum atomic E-state index is -0.839. The Labute approximate surface area is 242 Å². The first kappa shape index (κ1) is 36.0. The van der Waals surface area contributed by atoms with Gasteiger partial charge in [-0.1, -0.05) is 70.4 Å². The molecule has 2 unspecified atom stereocenters. The Morgan fingerprint density at radius 1 is 0.750 bits per heavy atom. The highest BCUT2D eigenvalue weighted by atomic mass is 16.6. The van der Waals surface area contributed by atoms with Gasteiger partial charge >= 0.3 is 11.9 Å². The van der Waals surface area contributed by atoms with E-state index in [1.54, 1.807) is 0 Å². The van der Waals surface area contributed by atoms with Gasteiger partial charge in [0.05, 0.1) is 32.3 Å². The van der Waals surface area contributed by atoms with Gasteiger partial charge in [0, 0.05) is 26.2 Å². The minimum Gasteiger partial charge on any atom is -0.481 e. The van der Waals surface area contributed by atoms with Crippen LogP contribution in [0, 0.1) is 0 Å². The summed E-state index contributed by atoms with van der Waals surface area (Å²) in [5.41, 5.74) is 1.10. The van der Waals surface area contributed by atoms with Crippen LogP contribution in [0.15, 0.2) is 30.3 Å². The lowest BCUT2D eigenvalue weighted by atomic mass is 10.1. The van der Waals surface area contributed by atoms with Crippen LogP contribution < -0.4 is 0 Å². The van der Waals surface area contributed by atoms with E-state index in [1.807, 2.05) is 44.2 Å². The van der Waals surface area contributed by atoms with E-state index in [1.165, 1.54) is 0 Å². The Morgan fingerprint density at radius 2 is 1.43 bits per heavy atom. The monoisotopic (exact) mass is 566 g/mol. The number of esters is 1. The summed E-state index contributed by atoms with van der Waals surface area (Å²) in [7, 11) is 0. The van der Waals surface area contributed by atoms with Crippen molar-refractivity contribution in [1.82, 2.24) is 0 Å². The van der Waals surface area contributed by atoms with Crippen LogP contribution in [-0.4, -0.2) is 68.4 Å². The van der Waals surface area contributed by atoms with Gasteiger partial charge in [-0.2, -0.15) is 0 Å². The predicted octanol–water partition coefficient (Wildman–Crippen LogP) is 6.73. The minimum absolute atomic E-state index is 0.0146. The molecule has 2 atom stereocenters. The van der Waals surface area contributed by atoms with Crippen LogP contribution in [0.1, 0.15) is 103 Å². The van der Waals surface area contributed by atoms with Crippen molar-refractivity contribution in [3.8, 4) is 0 Å². The van der Waals surface area contributed by atoms with Crippen molar-refractivity contribution >= 4 is 11.9 Å². The third-order valence-electron chi connectivity index (χ3n) is 6.63. The Kier molecular flexibility index (Phi) is 22.3. The zero-order chi connectivity index (χ0) is 29.3. The molecule has 230 valence electrons. The van der Waals surface area contributed by atoms with E-state index >= 15 is 0 Å². The number of hydrogen-bond donors (Lipinski definition) is 1. The molecule has 0 radical (unpaired) electrons. The summed E-state index contributed by atoms with van der Waals surface area (Å²) in [5, 5.41) is 9.18. The molecular weight excluding hydrogens is 512 g/mol. The van der Waals surface area contributed by atoms with E-state index in [-0.39, 0.29) is 30.7 Å². The van der Waals surface area contributed by atoms with E-state index in [9.17, 15) is 14.7 Å². The summed E-state index contributed by atoms with van der Waals surface area (Å²) in [4.78, 5) is 23.2. The Hall–Kier alpha value is -2.00. The number of benzene rings is 1. The van der Waals surface area contributed by atoms with Crippen LogP contribution in [0.2, 0.25) is 0 Å². The Morgan fingerprint density at radius 3 is 2.10 bits per heavy atom. The molecule has 0 aliphatic rings. The van der Waals surface area contributed by atoms with Gasteiger partial charge in [0.25, 0.3) is 0 Å². The summed E-state index contributed by atoms with van der Waals surface area (Å²) in [6.45, 7) is 9.18. The highest BCUT2D eigenvalue weighted by Gasteiger charge is 2.15. The van der Waals surface area contributed by atoms with Crippen molar-refractivity contribution in [1.29, 1.82) is 0 Å². The molecule has 40 heavy (non-hydrogen) atoms. The maximum absolute atomic E-state index is 12.0. The van der Waals surface area contributed by atoms with Crippen LogP contribution in [-0.2, 0) is 39.9 Å². The molecule has 1 aromatic rings. The Bertz CT molecular complexity index is 738. The first-order chi connectivity index (χ1) is 19.5. The molecule has 1 N–H and O–H groups in total. The van der Waals surface area contributed by atoms with Crippen molar-refractivity contribution in [3.05, 3.63) is 35.9 Å². The van der Waals surface area contributed by atoms with Crippen LogP contribution in [0.4, 0.5) is 0 Å². The number of ether oxygens (including phenoxy) is 5. The van der Waals surface area contributed by atoms with Crippen molar-refractivity contribution < 1.29 is 38.4 Å². The first-order valence-corrected chi connectivity index (χ1v) is 15.3. The molecule has 0 aliphatic heterocycles. The van der Waals surface area contributed by atoms with Crippen LogP contribution >= 0.6 is 0 Å². The van der Waals surface area contributed by atoms with Gasteiger partial charge < -0.3 is 28.8 Å². The normalized spacial score (nSPS) is 12.9. The average Bonchev–Trinajstić information content (AvgIpc) is 2.95. The molecule has 1 aromatic carbocycles. The molecule has 8 nitrogen and oxygen atoms in total. The smallest absolute Gasteiger partial charge is 0.306 e. The molecule has 0 spiro atoms. The summed E-state index contributed by atoms with van der Waals surface area (Å²) >= 11 is 0. The SMILES string of the molecule is CCCCCOC(CCCOCC(COCc1ccccc1)OCCCCCC(=O)OC(CC)CC)CC(=O)O. The number of carboxylic acids is 1. The maximum Gasteiger partial charge on any atom is 0.306 e. The molecule has 0 bridgehead atoms. The number of hydrogen-bond acceptors (Lipinski definition) is 7. The van der Waals surface area contributed by atoms with Gasteiger partial charge in [-0.25, -0.2) is 0 Å². The average molecular weight is 567 g/mol. The van der Waals surface area contributed by atoms with Crippen molar-refractivity contribution in [3.63, 3.8) is 0 Å². The molecule has 0 aliphatic carbocycles. The predicted molar refractivity (Wildman–Crippen MR) is 156 cm³/mol. The van der Waals surface area contributed by atoms with E-state index in [0.29, 0.717) is 52.5 Å². The lowest BCUT2D eigenvalue weighted by molar-refractivity contribution is -0.149. The van der Waals surface area contributed by atoms with Gasteiger partial charge in [-0.05, 0) is 50.5 Å². The number of aliphatic carboxylic acids is 1. The molecule has 0 heterocycles.